The number of hydrogen-bond acceptors (Lipinski definition) is 2. The monoisotopic (exact) mass is 286 g/mol. The van der Waals surface area contributed by atoms with Gasteiger partial charge in [0, 0.05) is 18.8 Å². The second kappa shape index (κ2) is 6.97. The molecule has 0 bridgehead atoms. The van der Waals surface area contributed by atoms with Crippen LogP contribution in [0.3, 0.4) is 0 Å². The Morgan fingerprint density at radius 3 is 2.86 bits per heavy atom. The normalized spacial score (nSPS) is 21.6. The van der Waals surface area contributed by atoms with E-state index in [-0.39, 0.29) is 11.8 Å². The lowest BCUT2D eigenvalue weighted by Gasteiger charge is -2.26. The Morgan fingerprint density at radius 2 is 2.00 bits per heavy atom. The van der Waals surface area contributed by atoms with Gasteiger partial charge in [-0.1, -0.05) is 43.9 Å². The van der Waals surface area contributed by atoms with E-state index >= 15 is 0 Å². The number of para-hydroxylation sites is 1. The molecular weight excluding hydrogens is 260 g/mol. The third kappa shape index (κ3) is 3.58. The van der Waals surface area contributed by atoms with E-state index in [0.29, 0.717) is 0 Å². The number of rotatable bonds is 5. The van der Waals surface area contributed by atoms with E-state index in [0.717, 1.165) is 43.1 Å². The van der Waals surface area contributed by atoms with Gasteiger partial charge in [0.1, 0.15) is 0 Å². The summed E-state index contributed by atoms with van der Waals surface area (Å²) in [5.41, 5.74) is 2.27. The van der Waals surface area contributed by atoms with Crippen LogP contribution in [-0.4, -0.2) is 19.0 Å². The van der Waals surface area contributed by atoms with E-state index in [1.165, 1.54) is 32.1 Å². The van der Waals surface area contributed by atoms with E-state index in [1.54, 1.807) is 0 Å². The van der Waals surface area contributed by atoms with Crippen LogP contribution >= 0.6 is 0 Å². The van der Waals surface area contributed by atoms with Gasteiger partial charge in [0.05, 0.1) is 5.92 Å². The molecule has 1 fully saturated rings. The highest BCUT2D eigenvalue weighted by molar-refractivity contribution is 5.86. The first-order valence-corrected chi connectivity index (χ1v) is 8.45. The fraction of sp³-hybridized carbons (Fsp3) is 0.611. The van der Waals surface area contributed by atoms with Crippen molar-refractivity contribution in [1.29, 1.82) is 0 Å². The molecule has 3 rings (SSSR count). The summed E-state index contributed by atoms with van der Waals surface area (Å²) in [6.07, 6.45) is 8.91. The molecule has 21 heavy (non-hydrogen) atoms. The number of anilines is 1. The SMILES string of the molecule is O=C(NCCCC1CCCC1)C1CCNc2ccccc21. The molecule has 114 valence electrons. The van der Waals surface area contributed by atoms with Gasteiger partial charge in [-0.15, -0.1) is 0 Å². The van der Waals surface area contributed by atoms with Gasteiger partial charge < -0.3 is 10.6 Å². The zero-order valence-electron chi connectivity index (χ0n) is 12.7. The summed E-state index contributed by atoms with van der Waals surface area (Å²) in [5.74, 6) is 1.14. The first kappa shape index (κ1) is 14.4. The van der Waals surface area contributed by atoms with Crippen molar-refractivity contribution in [3.8, 4) is 0 Å². The van der Waals surface area contributed by atoms with Gasteiger partial charge in [0.25, 0.3) is 0 Å². The maximum Gasteiger partial charge on any atom is 0.227 e. The van der Waals surface area contributed by atoms with Gasteiger partial charge >= 0.3 is 0 Å². The van der Waals surface area contributed by atoms with Gasteiger partial charge in [-0.05, 0) is 36.8 Å². The van der Waals surface area contributed by atoms with Crippen LogP contribution < -0.4 is 10.6 Å². The summed E-state index contributed by atoms with van der Waals surface area (Å²) in [5, 5.41) is 6.52. The van der Waals surface area contributed by atoms with Gasteiger partial charge in [0.15, 0.2) is 0 Å². The minimum atomic E-state index is 0.0222. The average molecular weight is 286 g/mol. The molecule has 1 aliphatic carbocycles. The van der Waals surface area contributed by atoms with Crippen molar-refractivity contribution in [2.45, 2.75) is 50.9 Å². The van der Waals surface area contributed by atoms with Gasteiger partial charge in [-0.2, -0.15) is 0 Å². The van der Waals surface area contributed by atoms with Crippen LogP contribution in [-0.2, 0) is 4.79 Å². The second-order valence-electron chi connectivity index (χ2n) is 6.44. The molecule has 3 nitrogen and oxygen atoms in total. The van der Waals surface area contributed by atoms with Gasteiger partial charge in [-0.3, -0.25) is 4.79 Å². The van der Waals surface area contributed by atoms with Crippen molar-refractivity contribution in [2.75, 3.05) is 18.4 Å². The summed E-state index contributed by atoms with van der Waals surface area (Å²) in [6.45, 7) is 1.72. The number of carbonyl (C=O) groups is 1. The average Bonchev–Trinajstić information content (AvgIpc) is 3.04. The molecule has 0 saturated heterocycles. The molecular formula is C18H26N2O. The third-order valence-electron chi connectivity index (χ3n) is 4.96. The van der Waals surface area contributed by atoms with Crippen LogP contribution in [0.25, 0.3) is 0 Å². The smallest absolute Gasteiger partial charge is 0.227 e. The number of hydrogen-bond donors (Lipinski definition) is 2. The highest BCUT2D eigenvalue weighted by Gasteiger charge is 2.25. The molecule has 1 heterocycles. The largest absolute Gasteiger partial charge is 0.385 e. The van der Waals surface area contributed by atoms with Crippen molar-refractivity contribution >= 4 is 11.6 Å². The van der Waals surface area contributed by atoms with Gasteiger partial charge in [-0.25, -0.2) is 0 Å². The summed E-state index contributed by atoms with van der Waals surface area (Å²) in [6, 6.07) is 8.18. The second-order valence-corrected chi connectivity index (χ2v) is 6.44. The van der Waals surface area contributed by atoms with E-state index in [1.807, 2.05) is 12.1 Å². The molecule has 0 spiro atoms. The minimum absolute atomic E-state index is 0.0222. The molecule has 1 aromatic carbocycles. The standard InChI is InChI=1S/C18H26N2O/c21-18(20-12-5-8-14-6-1-2-7-14)16-11-13-19-17-10-4-3-9-15(16)17/h3-4,9-10,14,16,19H,1-2,5-8,11-13H2,(H,20,21). The van der Waals surface area contributed by atoms with E-state index in [9.17, 15) is 4.79 Å². The highest BCUT2D eigenvalue weighted by atomic mass is 16.1. The quantitative estimate of drug-likeness (QED) is 0.811. The number of benzene rings is 1. The molecule has 1 aliphatic heterocycles. The predicted molar refractivity (Wildman–Crippen MR) is 86.5 cm³/mol. The number of amides is 1. The van der Waals surface area contributed by atoms with Crippen LogP contribution in [0.4, 0.5) is 5.69 Å². The van der Waals surface area contributed by atoms with Crippen molar-refractivity contribution in [1.82, 2.24) is 5.32 Å². The summed E-state index contributed by atoms with van der Waals surface area (Å²) in [7, 11) is 0. The molecule has 2 N–H and O–H groups in total. The number of fused-ring (bicyclic) bond motifs is 1. The maximum absolute atomic E-state index is 12.4. The Balaban J connectivity index is 1.47. The molecule has 1 saturated carbocycles. The summed E-state index contributed by atoms with van der Waals surface area (Å²) in [4.78, 5) is 12.4. The maximum atomic E-state index is 12.4. The van der Waals surface area contributed by atoms with Crippen molar-refractivity contribution in [2.24, 2.45) is 5.92 Å². The third-order valence-corrected chi connectivity index (χ3v) is 4.96. The van der Waals surface area contributed by atoms with E-state index < -0.39 is 0 Å². The van der Waals surface area contributed by atoms with Crippen molar-refractivity contribution < 1.29 is 4.79 Å². The molecule has 3 heteroatoms. The topological polar surface area (TPSA) is 41.1 Å². The van der Waals surface area contributed by atoms with Gasteiger partial charge in [0.2, 0.25) is 5.91 Å². The molecule has 1 unspecified atom stereocenters. The zero-order valence-corrected chi connectivity index (χ0v) is 12.7. The first-order valence-electron chi connectivity index (χ1n) is 8.45. The summed E-state index contributed by atoms with van der Waals surface area (Å²) >= 11 is 0. The molecule has 2 aliphatic rings. The Hall–Kier alpha value is -1.51. The Kier molecular flexibility index (Phi) is 4.79. The lowest BCUT2D eigenvalue weighted by atomic mass is 9.90. The predicted octanol–water partition coefficient (Wildman–Crippen LogP) is 3.67. The first-order chi connectivity index (χ1) is 10.3. The zero-order chi connectivity index (χ0) is 14.5. The molecule has 0 aromatic heterocycles. The lowest BCUT2D eigenvalue weighted by Crippen LogP contribution is -2.33. The Bertz CT molecular complexity index is 480. The van der Waals surface area contributed by atoms with Crippen LogP contribution in [0.1, 0.15) is 56.4 Å². The van der Waals surface area contributed by atoms with E-state index in [2.05, 4.69) is 22.8 Å². The Labute approximate surface area is 127 Å². The lowest BCUT2D eigenvalue weighted by molar-refractivity contribution is -0.122. The van der Waals surface area contributed by atoms with Crippen molar-refractivity contribution in [3.63, 3.8) is 0 Å². The van der Waals surface area contributed by atoms with Crippen LogP contribution in [0.5, 0.6) is 0 Å². The molecule has 1 aromatic rings. The molecule has 0 radical (unpaired) electrons. The van der Waals surface area contributed by atoms with E-state index in [4.69, 9.17) is 0 Å². The molecule has 1 amide bonds. The number of carbonyl (C=O) groups excluding carboxylic acids is 1. The Morgan fingerprint density at radius 1 is 1.19 bits per heavy atom. The van der Waals surface area contributed by atoms with Crippen LogP contribution in [0.15, 0.2) is 24.3 Å². The summed E-state index contributed by atoms with van der Waals surface area (Å²) < 4.78 is 0. The minimum Gasteiger partial charge on any atom is -0.385 e. The number of nitrogens with one attached hydrogen (secondary N) is 2. The van der Waals surface area contributed by atoms with Crippen molar-refractivity contribution in [3.05, 3.63) is 29.8 Å². The highest BCUT2D eigenvalue weighted by Crippen LogP contribution is 2.31. The van der Waals surface area contributed by atoms with Crippen LogP contribution in [0, 0.1) is 5.92 Å². The van der Waals surface area contributed by atoms with Crippen LogP contribution in [0.2, 0.25) is 0 Å². The fourth-order valence-corrected chi connectivity index (χ4v) is 3.77. The molecule has 1 atom stereocenters. The fourth-order valence-electron chi connectivity index (χ4n) is 3.77.